The van der Waals surface area contributed by atoms with E-state index in [2.05, 4.69) is 44.8 Å². The van der Waals surface area contributed by atoms with E-state index in [1.54, 1.807) is 0 Å². The Hall–Kier alpha value is -10.6. The van der Waals surface area contributed by atoms with E-state index in [1.807, 2.05) is 150 Å². The molecule has 2 unspecified atom stereocenters. The van der Waals surface area contributed by atoms with Crippen molar-refractivity contribution in [3.05, 3.63) is 180 Å². The maximum absolute atomic E-state index is 14.7. The molecule has 115 heavy (non-hydrogen) atoms. The maximum atomic E-state index is 14.7. The molecule has 7 amide bonds. The summed E-state index contributed by atoms with van der Waals surface area (Å²) in [5.41, 5.74) is 9.08. The topological polar surface area (TPSA) is 338 Å². The van der Waals surface area contributed by atoms with Crippen LogP contribution in [-0.2, 0) is 51.1 Å². The van der Waals surface area contributed by atoms with E-state index < -0.39 is 83.3 Å². The van der Waals surface area contributed by atoms with Crippen molar-refractivity contribution in [2.75, 3.05) is 26.2 Å². The SMILES string of the molecule is NCCc1ccccc1.O=C(N[C@H]1CCCCC/C=C\C2C[C@@]2(C(=O)NCCc2ccccc2)NC(=O)[C@@H]2C[C@@H](Oc3nc4ccccc4nc3-c3cccs3)CN2C1=O)OC1CCCC1.O=C(N[C@H]1CCCCC/C=C\C2C[C@@]2(C(=O)O)NC(=O)[C@@H]2C[C@@H](Oc3nc4ccccc4nc3-c3cccs3)CN2C1=O)OC1CCCC1. The maximum Gasteiger partial charge on any atom is 0.408 e. The van der Waals surface area contributed by atoms with Crippen molar-refractivity contribution < 1.29 is 62.4 Å². The number of rotatable bonds is 17. The van der Waals surface area contributed by atoms with Gasteiger partial charge in [-0.1, -0.05) is 147 Å². The van der Waals surface area contributed by atoms with Crippen molar-refractivity contribution in [1.29, 1.82) is 0 Å². The molecule has 2 saturated heterocycles. The van der Waals surface area contributed by atoms with E-state index in [1.165, 1.54) is 38.0 Å². The van der Waals surface area contributed by atoms with E-state index >= 15 is 0 Å². The second kappa shape index (κ2) is 38.2. The van der Waals surface area contributed by atoms with Crippen LogP contribution in [0.15, 0.2) is 169 Å². The number of aromatic nitrogens is 4. The van der Waals surface area contributed by atoms with E-state index in [0.29, 0.717) is 78.9 Å². The fraction of sp³-hybridized carbons (Fsp3) is 0.455. The molecule has 4 aliphatic carbocycles. The number of carbonyl (C=O) groups excluding carboxylic acids is 7. The van der Waals surface area contributed by atoms with Gasteiger partial charge in [0.1, 0.15) is 71.0 Å². The molecule has 0 spiro atoms. The van der Waals surface area contributed by atoms with E-state index in [-0.39, 0.29) is 74.1 Å². The number of nitrogens with one attached hydrogen (secondary N) is 5. The number of para-hydroxylation sites is 4. The monoisotopic (exact) mass is 1600 g/mol. The highest BCUT2D eigenvalue weighted by Gasteiger charge is 2.63. The molecule has 8 aliphatic rings. The third kappa shape index (κ3) is 20.4. The number of amides is 7. The normalized spacial score (nSPS) is 25.7. The summed E-state index contributed by atoms with van der Waals surface area (Å²) in [4.78, 5) is 134. The lowest BCUT2D eigenvalue weighted by Gasteiger charge is -2.30. The van der Waals surface area contributed by atoms with Gasteiger partial charge in [0.25, 0.3) is 0 Å². The van der Waals surface area contributed by atoms with Gasteiger partial charge in [0.2, 0.25) is 41.3 Å². The minimum Gasteiger partial charge on any atom is -0.479 e. The van der Waals surface area contributed by atoms with E-state index in [4.69, 9.17) is 44.6 Å². The van der Waals surface area contributed by atoms with Crippen LogP contribution in [0.2, 0.25) is 0 Å². The number of ether oxygens (including phenoxy) is 4. The fourth-order valence-electron chi connectivity index (χ4n) is 16.5. The molecule has 604 valence electrons. The molecule has 6 fully saturated rings. The Labute approximate surface area is 677 Å². The Morgan fingerprint density at radius 3 is 1.36 bits per heavy atom. The Morgan fingerprint density at radius 1 is 0.496 bits per heavy atom. The molecule has 4 aliphatic heterocycles. The Morgan fingerprint density at radius 2 is 0.913 bits per heavy atom. The van der Waals surface area contributed by atoms with Crippen LogP contribution in [0.25, 0.3) is 43.2 Å². The summed E-state index contributed by atoms with van der Waals surface area (Å²) >= 11 is 3.01. The first kappa shape index (κ1) is 80.9. The van der Waals surface area contributed by atoms with Gasteiger partial charge in [0.05, 0.1) is 44.9 Å². The van der Waals surface area contributed by atoms with Crippen molar-refractivity contribution >= 4 is 92.4 Å². The minimum absolute atomic E-state index is 0.0363. The number of aliphatic carboxylic acids is 1. The van der Waals surface area contributed by atoms with E-state index in [0.717, 1.165) is 124 Å². The van der Waals surface area contributed by atoms with Crippen LogP contribution in [0.3, 0.4) is 0 Å². The number of hydrogen-bond donors (Lipinski definition) is 7. The molecular formula is C88H102N12O13S2. The molecular weight excluding hydrogens is 1500 g/mol. The summed E-state index contributed by atoms with van der Waals surface area (Å²) in [6.07, 6.45) is 22.1. The molecule has 0 radical (unpaired) electrons. The molecule has 10 atom stereocenters. The Bertz CT molecular complexity index is 4760. The summed E-state index contributed by atoms with van der Waals surface area (Å²) in [5, 5.41) is 28.8. The largest absolute Gasteiger partial charge is 0.479 e. The van der Waals surface area contributed by atoms with Crippen LogP contribution >= 0.6 is 22.7 Å². The summed E-state index contributed by atoms with van der Waals surface area (Å²) in [6, 6.07) is 39.2. The smallest absolute Gasteiger partial charge is 0.408 e. The zero-order valence-corrected chi connectivity index (χ0v) is 66.3. The van der Waals surface area contributed by atoms with Crippen LogP contribution < -0.4 is 41.8 Å². The number of fused-ring (bicyclic) bond motifs is 6. The number of carboxylic acids is 1. The first-order chi connectivity index (χ1) is 56.1. The lowest BCUT2D eigenvalue weighted by Crippen LogP contribution is -2.58. The highest BCUT2D eigenvalue weighted by molar-refractivity contribution is 7.13. The number of thiophene rings is 2. The quantitative estimate of drug-likeness (QED) is 0.0416. The predicted molar refractivity (Wildman–Crippen MR) is 438 cm³/mol. The third-order valence-electron chi connectivity index (χ3n) is 23.0. The van der Waals surface area contributed by atoms with Gasteiger partial charge in [-0.05, 0) is 180 Å². The summed E-state index contributed by atoms with van der Waals surface area (Å²) < 4.78 is 24.5. The van der Waals surface area contributed by atoms with Gasteiger partial charge in [-0.15, -0.1) is 22.7 Å². The second-order valence-corrected chi connectivity index (χ2v) is 33.1. The average molecular weight is 1600 g/mol. The van der Waals surface area contributed by atoms with Gasteiger partial charge in [0, 0.05) is 31.2 Å². The first-order valence-corrected chi connectivity index (χ1v) is 42.6. The van der Waals surface area contributed by atoms with Gasteiger partial charge in [-0.3, -0.25) is 24.0 Å². The summed E-state index contributed by atoms with van der Waals surface area (Å²) in [5.74, 6) is -3.08. The number of allylic oxidation sites excluding steroid dienone is 2. The van der Waals surface area contributed by atoms with Gasteiger partial charge < -0.3 is 66.2 Å². The first-order valence-electron chi connectivity index (χ1n) is 40.9. The predicted octanol–water partition coefficient (Wildman–Crippen LogP) is 12.9. The summed E-state index contributed by atoms with van der Waals surface area (Å²) in [7, 11) is 0. The highest BCUT2D eigenvalue weighted by Crippen LogP contribution is 2.47. The number of carboxylic acid groups (broad SMARTS) is 1. The zero-order chi connectivity index (χ0) is 79.7. The van der Waals surface area contributed by atoms with Crippen LogP contribution in [0, 0.1) is 11.8 Å². The van der Waals surface area contributed by atoms with Gasteiger partial charge in [0.15, 0.2) is 0 Å². The number of hydrogen-bond acceptors (Lipinski definition) is 19. The molecule has 8 N–H and O–H groups in total. The molecule has 0 bridgehead atoms. The Kier molecular flexibility index (Phi) is 26.9. The molecule has 4 aromatic heterocycles. The van der Waals surface area contributed by atoms with E-state index in [9.17, 15) is 43.5 Å². The molecule has 4 aromatic carbocycles. The summed E-state index contributed by atoms with van der Waals surface area (Å²) in [6.45, 7) is 1.27. The number of carbonyl (C=O) groups is 8. The van der Waals surface area contributed by atoms with Crippen molar-refractivity contribution in [3.8, 4) is 32.9 Å². The molecule has 25 nitrogen and oxygen atoms in total. The standard InChI is InChI=1S/C44H50N6O6S.C36H41N5O7S.C8H11N/c51-39-36-26-32(55-40-38(37-22-13-25-57-37)46-33-19-11-12-20-34(33)47-40)28-50(36)41(52)35(48-43(54)56-31-17-9-10-18-31)21-8-3-1-2-7-16-30-27-44(30,49-39)42(53)45-24-23-29-14-5-4-6-15-29;42-31-28-19-24(47-32-30(29-17-10-18-49-29)37-25-14-8-9-15-26(25)38-32)21-41(28)33(43)27(39-35(46)48-23-12-6-7-13-23)16-5-3-1-2-4-11-22-20-36(22,40-31)34(44)45;9-7-6-8-4-2-1-3-5-8/h4-7,11-16,19-20,22,25,30-32,35-36H,1-3,8-10,17-18,21,23-24,26-28H2,(H,45,53)(H,48,54)(H,49,51);4,8-11,14-15,17-18,22-24,27-28H,1-3,5-7,12-13,16,19-21H2,(H,39,46)(H,40,42)(H,44,45);1-5H,6-7,9H2/b16-7-;11-4-;/t30?,32-,35+,36+,44-;22?,24-,27+,28+,36-;/m11./s1. The van der Waals surface area contributed by atoms with Crippen LogP contribution in [0.5, 0.6) is 11.8 Å². The lowest BCUT2D eigenvalue weighted by molar-refractivity contribution is -0.145. The average Bonchev–Trinajstić information content (AvgIpc) is 1.58. The van der Waals surface area contributed by atoms with Crippen molar-refractivity contribution in [2.24, 2.45) is 17.6 Å². The number of nitrogens with zero attached hydrogens (tertiary/aromatic N) is 6. The molecule has 8 heterocycles. The van der Waals surface area contributed by atoms with Crippen molar-refractivity contribution in [3.63, 3.8) is 0 Å². The van der Waals surface area contributed by atoms with Crippen LogP contribution in [0.1, 0.15) is 152 Å². The minimum atomic E-state index is -1.43. The van der Waals surface area contributed by atoms with Gasteiger partial charge in [-0.2, -0.15) is 0 Å². The van der Waals surface area contributed by atoms with Crippen LogP contribution in [0.4, 0.5) is 9.59 Å². The van der Waals surface area contributed by atoms with Crippen molar-refractivity contribution in [2.45, 2.75) is 214 Å². The van der Waals surface area contributed by atoms with Gasteiger partial charge >= 0.3 is 18.2 Å². The molecule has 4 saturated carbocycles. The highest BCUT2D eigenvalue weighted by atomic mass is 32.1. The number of nitrogens with two attached hydrogens (primary N) is 1. The third-order valence-corrected chi connectivity index (χ3v) is 24.7. The Balaban J connectivity index is 0.000000173. The molecule has 27 heteroatoms. The molecule has 8 aromatic rings. The lowest BCUT2D eigenvalue weighted by atomic mass is 10.0. The number of benzene rings is 4. The number of alkyl carbamates (subject to hydrolysis) is 2. The fourth-order valence-corrected chi connectivity index (χ4v) is 17.9. The van der Waals surface area contributed by atoms with Crippen molar-refractivity contribution in [1.82, 2.24) is 56.3 Å². The van der Waals surface area contributed by atoms with Gasteiger partial charge in [-0.25, -0.2) is 34.3 Å². The zero-order valence-electron chi connectivity index (χ0n) is 64.7. The van der Waals surface area contributed by atoms with Crippen LogP contribution in [-0.4, -0.2) is 168 Å². The molecule has 16 rings (SSSR count). The second-order valence-electron chi connectivity index (χ2n) is 31.2.